The molecule has 0 aromatic carbocycles. The third kappa shape index (κ3) is 2.73. The molecule has 0 saturated heterocycles. The summed E-state index contributed by atoms with van der Waals surface area (Å²) in [6.07, 6.45) is 1.66. The average molecular weight is 251 g/mol. The fourth-order valence-corrected chi connectivity index (χ4v) is 2.54. The van der Waals surface area contributed by atoms with Crippen LogP contribution in [0.1, 0.15) is 13.8 Å². The highest BCUT2D eigenvalue weighted by molar-refractivity contribution is 7.16. The lowest BCUT2D eigenvalue weighted by Gasteiger charge is -2.13. The van der Waals surface area contributed by atoms with Gasteiger partial charge in [-0.3, -0.25) is 9.36 Å². The molecule has 2 heterocycles. The molecule has 0 spiro atoms. The fraction of sp³-hybridized carbons (Fsp3) is 0.500. The Bertz CT molecular complexity index is 546. The average Bonchev–Trinajstić information content (AvgIpc) is 2.79. The van der Waals surface area contributed by atoms with Gasteiger partial charge >= 0.3 is 0 Å². The number of nitrogens with zero attached hydrogens (tertiary/aromatic N) is 2. The molecule has 1 unspecified atom stereocenters. The Morgan fingerprint density at radius 2 is 2.41 bits per heavy atom. The van der Waals surface area contributed by atoms with E-state index in [0.29, 0.717) is 12.5 Å². The van der Waals surface area contributed by atoms with Crippen molar-refractivity contribution in [3.63, 3.8) is 0 Å². The van der Waals surface area contributed by atoms with E-state index >= 15 is 0 Å². The van der Waals surface area contributed by atoms with E-state index in [1.165, 1.54) is 11.3 Å². The van der Waals surface area contributed by atoms with Gasteiger partial charge in [0.1, 0.15) is 4.83 Å². The third-order valence-corrected chi connectivity index (χ3v) is 3.52. The number of thiophene rings is 1. The Hall–Kier alpha value is -1.20. The summed E-state index contributed by atoms with van der Waals surface area (Å²) < 4.78 is 1.71. The Morgan fingerprint density at radius 1 is 1.59 bits per heavy atom. The van der Waals surface area contributed by atoms with Crippen molar-refractivity contribution in [3.8, 4) is 0 Å². The molecule has 0 amide bonds. The Morgan fingerprint density at radius 3 is 3.18 bits per heavy atom. The van der Waals surface area contributed by atoms with Crippen molar-refractivity contribution in [1.29, 1.82) is 0 Å². The number of aromatic nitrogens is 2. The van der Waals surface area contributed by atoms with Crippen molar-refractivity contribution in [2.24, 2.45) is 5.92 Å². The topological polar surface area (TPSA) is 46.9 Å². The van der Waals surface area contributed by atoms with Crippen molar-refractivity contribution in [3.05, 3.63) is 28.1 Å². The van der Waals surface area contributed by atoms with Gasteiger partial charge in [-0.15, -0.1) is 11.3 Å². The Kier molecular flexibility index (Phi) is 3.91. The van der Waals surface area contributed by atoms with E-state index < -0.39 is 0 Å². The van der Waals surface area contributed by atoms with Crippen LogP contribution >= 0.6 is 11.3 Å². The summed E-state index contributed by atoms with van der Waals surface area (Å²) >= 11 is 1.51. The normalized spacial score (nSPS) is 13.1. The second-order valence-electron chi connectivity index (χ2n) is 4.25. The van der Waals surface area contributed by atoms with E-state index in [1.54, 1.807) is 10.9 Å². The molecule has 1 atom stereocenters. The summed E-state index contributed by atoms with van der Waals surface area (Å²) in [5.41, 5.74) is 0.0691. The van der Waals surface area contributed by atoms with Crippen LogP contribution in [0.3, 0.4) is 0 Å². The lowest BCUT2D eigenvalue weighted by molar-refractivity contribution is 0.443. The molecule has 2 rings (SSSR count). The second kappa shape index (κ2) is 5.42. The van der Waals surface area contributed by atoms with Gasteiger partial charge < -0.3 is 5.32 Å². The van der Waals surface area contributed by atoms with Crippen LogP contribution < -0.4 is 10.9 Å². The molecule has 0 bridgehead atoms. The second-order valence-corrected chi connectivity index (χ2v) is 5.15. The quantitative estimate of drug-likeness (QED) is 0.880. The van der Waals surface area contributed by atoms with Gasteiger partial charge in [0.05, 0.1) is 11.7 Å². The molecule has 1 N–H and O–H groups in total. The summed E-state index contributed by atoms with van der Waals surface area (Å²) in [4.78, 5) is 17.2. The number of nitrogens with one attached hydrogen (secondary N) is 1. The van der Waals surface area contributed by atoms with E-state index in [9.17, 15) is 4.79 Å². The maximum atomic E-state index is 12.1. The molecule has 0 saturated carbocycles. The first-order chi connectivity index (χ1) is 8.22. The molecular weight excluding hydrogens is 234 g/mol. The molecule has 0 radical (unpaired) electrons. The third-order valence-electron chi connectivity index (χ3n) is 2.70. The summed E-state index contributed by atoms with van der Waals surface area (Å²) in [6.45, 7) is 6.81. The van der Waals surface area contributed by atoms with Crippen LogP contribution in [-0.4, -0.2) is 22.6 Å². The molecule has 0 aliphatic carbocycles. The predicted octanol–water partition coefficient (Wildman–Crippen LogP) is 1.70. The first kappa shape index (κ1) is 12.3. The molecule has 0 fully saturated rings. The van der Waals surface area contributed by atoms with E-state index in [2.05, 4.69) is 24.1 Å². The van der Waals surface area contributed by atoms with Gasteiger partial charge in [-0.1, -0.05) is 13.8 Å². The van der Waals surface area contributed by atoms with Gasteiger partial charge in [0.15, 0.2) is 0 Å². The van der Waals surface area contributed by atoms with Crippen LogP contribution in [0.2, 0.25) is 0 Å². The number of rotatable bonds is 5. The molecule has 92 valence electrons. The van der Waals surface area contributed by atoms with Crippen molar-refractivity contribution >= 4 is 21.6 Å². The van der Waals surface area contributed by atoms with Crippen molar-refractivity contribution in [1.82, 2.24) is 14.9 Å². The minimum absolute atomic E-state index is 0.0691. The molecule has 2 aromatic heterocycles. The van der Waals surface area contributed by atoms with E-state index in [4.69, 9.17) is 0 Å². The monoisotopic (exact) mass is 251 g/mol. The highest BCUT2D eigenvalue weighted by Crippen LogP contribution is 2.13. The summed E-state index contributed by atoms with van der Waals surface area (Å²) in [5.74, 6) is 0.422. The van der Waals surface area contributed by atoms with E-state index in [-0.39, 0.29) is 5.56 Å². The van der Waals surface area contributed by atoms with Crippen molar-refractivity contribution in [2.75, 3.05) is 13.1 Å². The van der Waals surface area contributed by atoms with Gasteiger partial charge in [0.2, 0.25) is 0 Å². The lowest BCUT2D eigenvalue weighted by Crippen LogP contribution is -2.28. The highest BCUT2D eigenvalue weighted by atomic mass is 32.1. The number of fused-ring (bicyclic) bond motifs is 1. The number of hydrogen-bond donors (Lipinski definition) is 1. The first-order valence-electron chi connectivity index (χ1n) is 5.85. The van der Waals surface area contributed by atoms with Crippen LogP contribution in [0.4, 0.5) is 0 Å². The van der Waals surface area contributed by atoms with Crippen molar-refractivity contribution in [2.45, 2.75) is 20.4 Å². The molecule has 5 heteroatoms. The van der Waals surface area contributed by atoms with Gasteiger partial charge in [-0.2, -0.15) is 0 Å². The lowest BCUT2D eigenvalue weighted by atomic mass is 10.2. The van der Waals surface area contributed by atoms with Crippen molar-refractivity contribution < 1.29 is 0 Å². The smallest absolute Gasteiger partial charge is 0.262 e. The minimum Gasteiger partial charge on any atom is -0.317 e. The maximum absolute atomic E-state index is 12.1. The molecule has 0 aliphatic rings. The summed E-state index contributed by atoms with van der Waals surface area (Å²) in [6, 6.07) is 1.85. The fourth-order valence-electron chi connectivity index (χ4n) is 1.81. The predicted molar refractivity (Wildman–Crippen MR) is 71.6 cm³/mol. The van der Waals surface area contributed by atoms with Gasteiger partial charge in [-0.25, -0.2) is 4.98 Å². The largest absolute Gasteiger partial charge is 0.317 e. The molecule has 4 nitrogen and oxygen atoms in total. The minimum atomic E-state index is 0.0691. The van der Waals surface area contributed by atoms with Crippen LogP contribution in [0.5, 0.6) is 0 Å². The zero-order valence-electron chi connectivity index (χ0n) is 10.1. The van der Waals surface area contributed by atoms with Gasteiger partial charge in [-0.05, 0) is 30.5 Å². The van der Waals surface area contributed by atoms with Gasteiger partial charge in [0, 0.05) is 6.54 Å². The number of hydrogen-bond acceptors (Lipinski definition) is 4. The highest BCUT2D eigenvalue weighted by Gasteiger charge is 2.08. The molecular formula is C12H17N3OS. The van der Waals surface area contributed by atoms with Crippen LogP contribution in [0.25, 0.3) is 10.2 Å². The SMILES string of the molecule is CCNCC(C)Cn1cnc2sccc2c1=O. The standard InChI is InChI=1S/C12H17N3OS/c1-3-13-6-9(2)7-15-8-14-11-10(12(15)16)4-5-17-11/h4-5,8-9,13H,3,6-7H2,1-2H3. The molecule has 0 aliphatic heterocycles. The van der Waals surface area contributed by atoms with Crippen LogP contribution in [0, 0.1) is 5.92 Å². The zero-order chi connectivity index (χ0) is 12.3. The zero-order valence-corrected chi connectivity index (χ0v) is 11.0. The van der Waals surface area contributed by atoms with E-state index in [1.807, 2.05) is 11.4 Å². The molecule has 17 heavy (non-hydrogen) atoms. The first-order valence-corrected chi connectivity index (χ1v) is 6.73. The van der Waals surface area contributed by atoms with Gasteiger partial charge in [0.25, 0.3) is 5.56 Å². The summed E-state index contributed by atoms with van der Waals surface area (Å²) in [5, 5.41) is 5.92. The Balaban J connectivity index is 2.18. The summed E-state index contributed by atoms with van der Waals surface area (Å²) in [7, 11) is 0. The van der Waals surface area contributed by atoms with Crippen LogP contribution in [0.15, 0.2) is 22.6 Å². The maximum Gasteiger partial charge on any atom is 0.262 e. The Labute approximate surface area is 104 Å². The van der Waals surface area contributed by atoms with E-state index in [0.717, 1.165) is 23.3 Å². The molecule has 2 aromatic rings. The van der Waals surface area contributed by atoms with Crippen LogP contribution in [-0.2, 0) is 6.54 Å².